The summed E-state index contributed by atoms with van der Waals surface area (Å²) in [4.78, 5) is 12.1. The first-order valence-electron chi connectivity index (χ1n) is 6.43. The highest BCUT2D eigenvalue weighted by Gasteiger charge is 2.34. The predicted octanol–water partition coefficient (Wildman–Crippen LogP) is 0.953. The second-order valence-electron chi connectivity index (χ2n) is 5.19. The van der Waals surface area contributed by atoms with Crippen LogP contribution in [0.4, 0.5) is 10.7 Å². The Balaban J connectivity index is 2.29. The van der Waals surface area contributed by atoms with Gasteiger partial charge in [0.15, 0.2) is 5.00 Å². The molecule has 0 spiro atoms. The number of hydrogen-bond donors (Lipinski definition) is 1. The Morgan fingerprint density at radius 3 is 2.71 bits per heavy atom. The van der Waals surface area contributed by atoms with Crippen LogP contribution in [0.5, 0.6) is 0 Å². The Kier molecular flexibility index (Phi) is 4.51. The average Bonchev–Trinajstić information content (AvgIpc) is 2.82. The van der Waals surface area contributed by atoms with E-state index in [4.69, 9.17) is 5.73 Å². The minimum absolute atomic E-state index is 0.0638. The van der Waals surface area contributed by atoms with Crippen molar-refractivity contribution in [2.24, 2.45) is 0 Å². The molecule has 1 unspecified atom stereocenters. The molecule has 8 nitrogen and oxygen atoms in total. The molecule has 1 aromatic heterocycles. The average molecular weight is 334 g/mol. The first-order valence-corrected chi connectivity index (χ1v) is 8.69. The molecule has 1 fully saturated rings. The second-order valence-corrected chi connectivity index (χ2v) is 8.44. The van der Waals surface area contributed by atoms with Crippen LogP contribution >= 0.6 is 11.3 Å². The summed E-state index contributed by atoms with van der Waals surface area (Å²) in [6.07, 6.45) is 1.71. The van der Waals surface area contributed by atoms with E-state index in [9.17, 15) is 18.5 Å². The highest BCUT2D eigenvalue weighted by atomic mass is 32.2. The molecule has 1 aromatic rings. The molecule has 0 aliphatic carbocycles. The maximum Gasteiger partial charge on any atom is 0.304 e. The summed E-state index contributed by atoms with van der Waals surface area (Å²) in [5.74, 6) is 0. The Morgan fingerprint density at radius 1 is 1.52 bits per heavy atom. The third kappa shape index (κ3) is 3.18. The van der Waals surface area contributed by atoms with Crippen molar-refractivity contribution in [2.45, 2.75) is 23.1 Å². The van der Waals surface area contributed by atoms with E-state index in [-0.39, 0.29) is 20.9 Å². The van der Waals surface area contributed by atoms with E-state index >= 15 is 0 Å². The van der Waals surface area contributed by atoms with Gasteiger partial charge in [0.25, 0.3) is 10.0 Å². The van der Waals surface area contributed by atoms with Gasteiger partial charge in [-0.1, -0.05) is 11.3 Å². The topological polar surface area (TPSA) is 110 Å². The number of nitrogen functional groups attached to an aromatic ring is 1. The number of piperidine rings is 1. The van der Waals surface area contributed by atoms with Gasteiger partial charge in [-0.3, -0.25) is 10.1 Å². The standard InChI is InChI=1S/C11H18N4O4S2/c1-13(2)8-4-3-5-14(7-8)21(18,19)10-6-9(15(16)17)11(12)20-10/h6,8H,3-5,7,12H2,1-2H3. The van der Waals surface area contributed by atoms with Crippen LogP contribution in [0.15, 0.2) is 10.3 Å². The molecule has 0 radical (unpaired) electrons. The third-order valence-corrected chi connectivity index (χ3v) is 6.87. The number of rotatable bonds is 4. The molecule has 118 valence electrons. The number of nitrogens with zero attached hydrogens (tertiary/aromatic N) is 3. The molecule has 21 heavy (non-hydrogen) atoms. The zero-order valence-corrected chi connectivity index (χ0v) is 13.5. The van der Waals surface area contributed by atoms with E-state index in [1.807, 2.05) is 19.0 Å². The van der Waals surface area contributed by atoms with Gasteiger partial charge >= 0.3 is 5.69 Å². The summed E-state index contributed by atoms with van der Waals surface area (Å²) >= 11 is 0.746. The Labute approximate surface area is 127 Å². The Hall–Kier alpha value is -1.23. The SMILES string of the molecule is CN(C)C1CCCN(S(=O)(=O)c2cc([N+](=O)[O-])c(N)s2)C1. The molecule has 0 bridgehead atoms. The van der Waals surface area contributed by atoms with Crippen LogP contribution in [0.1, 0.15) is 12.8 Å². The highest BCUT2D eigenvalue weighted by molar-refractivity contribution is 7.91. The third-order valence-electron chi connectivity index (χ3n) is 3.60. The van der Waals surface area contributed by atoms with Crippen LogP contribution in [-0.2, 0) is 10.0 Å². The number of nitro groups is 1. The molecule has 0 amide bonds. The molecule has 10 heteroatoms. The van der Waals surface area contributed by atoms with E-state index < -0.39 is 14.9 Å². The molecule has 0 aromatic carbocycles. The molecule has 1 aliphatic rings. The quantitative estimate of drug-likeness (QED) is 0.648. The van der Waals surface area contributed by atoms with Crippen LogP contribution < -0.4 is 5.73 Å². The lowest BCUT2D eigenvalue weighted by Crippen LogP contribution is -2.47. The van der Waals surface area contributed by atoms with E-state index in [1.165, 1.54) is 4.31 Å². The van der Waals surface area contributed by atoms with Crippen LogP contribution in [0.25, 0.3) is 0 Å². The van der Waals surface area contributed by atoms with Gasteiger partial charge in [0.1, 0.15) is 4.21 Å². The van der Waals surface area contributed by atoms with E-state index in [1.54, 1.807) is 0 Å². The molecule has 2 N–H and O–H groups in total. The molecular weight excluding hydrogens is 316 g/mol. The molecule has 1 aliphatic heterocycles. The number of likely N-dealkylation sites (N-methyl/N-ethyl adjacent to an activating group) is 1. The van der Waals surface area contributed by atoms with Crippen molar-refractivity contribution in [3.05, 3.63) is 16.2 Å². The van der Waals surface area contributed by atoms with Gasteiger partial charge in [-0.2, -0.15) is 4.31 Å². The lowest BCUT2D eigenvalue weighted by atomic mass is 10.1. The summed E-state index contributed by atoms with van der Waals surface area (Å²) in [6.45, 7) is 0.819. The second kappa shape index (κ2) is 5.87. The lowest BCUT2D eigenvalue weighted by molar-refractivity contribution is -0.383. The van der Waals surface area contributed by atoms with Crippen LogP contribution in [-0.4, -0.2) is 55.8 Å². The highest BCUT2D eigenvalue weighted by Crippen LogP contribution is 2.36. The van der Waals surface area contributed by atoms with E-state index in [0.29, 0.717) is 13.1 Å². The normalized spacial score (nSPS) is 20.8. The maximum atomic E-state index is 12.6. The van der Waals surface area contributed by atoms with Crippen molar-refractivity contribution < 1.29 is 13.3 Å². The fraction of sp³-hybridized carbons (Fsp3) is 0.636. The maximum absolute atomic E-state index is 12.6. The number of hydrogen-bond acceptors (Lipinski definition) is 7. The summed E-state index contributed by atoms with van der Waals surface area (Å²) in [5.41, 5.74) is 5.18. The van der Waals surface area contributed by atoms with Crippen LogP contribution in [0.2, 0.25) is 0 Å². The first kappa shape index (κ1) is 16.1. The number of nitrogens with two attached hydrogens (primary N) is 1. The van der Waals surface area contributed by atoms with Crippen molar-refractivity contribution in [1.82, 2.24) is 9.21 Å². The Morgan fingerprint density at radius 2 is 2.19 bits per heavy atom. The van der Waals surface area contributed by atoms with E-state index in [2.05, 4.69) is 0 Å². The van der Waals surface area contributed by atoms with Gasteiger partial charge in [0.2, 0.25) is 0 Å². The predicted molar refractivity (Wildman–Crippen MR) is 80.9 cm³/mol. The van der Waals surface area contributed by atoms with Crippen molar-refractivity contribution in [2.75, 3.05) is 32.9 Å². The summed E-state index contributed by atoms with van der Waals surface area (Å²) in [5, 5.41) is 10.7. The number of anilines is 1. The van der Waals surface area contributed by atoms with Crippen molar-refractivity contribution >= 4 is 32.0 Å². The fourth-order valence-electron chi connectivity index (χ4n) is 2.33. The minimum atomic E-state index is -3.72. The lowest BCUT2D eigenvalue weighted by Gasteiger charge is -2.34. The minimum Gasteiger partial charge on any atom is -0.385 e. The fourth-order valence-corrected chi connectivity index (χ4v) is 5.22. The largest absolute Gasteiger partial charge is 0.385 e. The zero-order chi connectivity index (χ0) is 15.8. The van der Waals surface area contributed by atoms with Crippen LogP contribution in [0, 0.1) is 10.1 Å². The smallest absolute Gasteiger partial charge is 0.304 e. The van der Waals surface area contributed by atoms with Crippen LogP contribution in [0.3, 0.4) is 0 Å². The van der Waals surface area contributed by atoms with E-state index in [0.717, 1.165) is 30.2 Å². The molecule has 2 heterocycles. The molecule has 1 saturated heterocycles. The molecule has 0 saturated carbocycles. The first-order chi connectivity index (χ1) is 9.73. The van der Waals surface area contributed by atoms with Gasteiger partial charge in [-0.15, -0.1) is 0 Å². The molecular formula is C11H18N4O4S2. The zero-order valence-electron chi connectivity index (χ0n) is 11.9. The Bertz CT molecular complexity index is 641. The van der Waals surface area contributed by atoms with Gasteiger partial charge in [-0.05, 0) is 26.9 Å². The molecule has 2 rings (SSSR count). The van der Waals surface area contributed by atoms with Crippen molar-refractivity contribution in [3.63, 3.8) is 0 Å². The van der Waals surface area contributed by atoms with Gasteiger partial charge in [0, 0.05) is 25.2 Å². The number of sulfonamides is 1. The van der Waals surface area contributed by atoms with Gasteiger partial charge < -0.3 is 10.6 Å². The molecule has 1 atom stereocenters. The summed E-state index contributed by atoms with van der Waals surface area (Å²) < 4.78 is 26.5. The van der Waals surface area contributed by atoms with Gasteiger partial charge in [0.05, 0.1) is 4.92 Å². The monoisotopic (exact) mass is 334 g/mol. The number of thiophene rings is 1. The van der Waals surface area contributed by atoms with Gasteiger partial charge in [-0.25, -0.2) is 8.42 Å². The van der Waals surface area contributed by atoms with Crippen molar-refractivity contribution in [1.29, 1.82) is 0 Å². The summed E-state index contributed by atoms with van der Waals surface area (Å²) in [7, 11) is 0.100. The van der Waals surface area contributed by atoms with Crippen molar-refractivity contribution in [3.8, 4) is 0 Å². The summed E-state index contributed by atoms with van der Waals surface area (Å²) in [6, 6.07) is 1.20.